The molecule has 13 heteroatoms. The molecule has 0 bridgehead atoms. The smallest absolute Gasteiger partial charge is 0.452 e. The number of thiophene rings is 1. The summed E-state index contributed by atoms with van der Waals surface area (Å²) in [5.41, 5.74) is -2.77. The SMILES string of the molecule is C[C@]1(c2ccc(F)cc2)C[C@]1(NS(=O)(=O)c1ccc(-c2cc(C(F)(F)F)on2)s1)C(=O)O. The average Bonchev–Trinajstić information content (AvgIpc) is 3.13. The molecule has 0 aliphatic heterocycles. The molecule has 0 amide bonds. The van der Waals surface area contributed by atoms with Crippen molar-refractivity contribution >= 4 is 27.3 Å². The Morgan fingerprint density at radius 3 is 2.44 bits per heavy atom. The van der Waals surface area contributed by atoms with Crippen molar-refractivity contribution in [1.82, 2.24) is 9.88 Å². The molecule has 1 aromatic carbocycles. The zero-order valence-electron chi connectivity index (χ0n) is 16.1. The first-order valence-corrected chi connectivity index (χ1v) is 11.3. The molecule has 2 atom stereocenters. The Balaban J connectivity index is 1.62. The highest BCUT2D eigenvalue weighted by molar-refractivity contribution is 7.91. The number of benzene rings is 1. The average molecular weight is 490 g/mol. The van der Waals surface area contributed by atoms with Crippen molar-refractivity contribution in [3.63, 3.8) is 0 Å². The molecular formula is C19H14F4N2O5S2. The number of aromatic nitrogens is 1. The molecule has 4 rings (SSSR count). The van der Waals surface area contributed by atoms with E-state index in [-0.39, 0.29) is 21.2 Å². The molecule has 7 nitrogen and oxygen atoms in total. The molecule has 1 aliphatic carbocycles. The van der Waals surface area contributed by atoms with Crippen LogP contribution in [-0.4, -0.2) is 30.2 Å². The van der Waals surface area contributed by atoms with Gasteiger partial charge in [0.25, 0.3) is 10.0 Å². The van der Waals surface area contributed by atoms with Crippen molar-refractivity contribution < 1.29 is 40.4 Å². The largest absolute Gasteiger partial charge is 0.480 e. The van der Waals surface area contributed by atoms with E-state index in [4.69, 9.17) is 0 Å². The van der Waals surface area contributed by atoms with Crippen molar-refractivity contribution in [3.05, 3.63) is 59.6 Å². The van der Waals surface area contributed by atoms with Gasteiger partial charge in [-0.25, -0.2) is 12.8 Å². The van der Waals surface area contributed by atoms with E-state index in [9.17, 15) is 35.9 Å². The summed E-state index contributed by atoms with van der Waals surface area (Å²) in [5.74, 6) is -3.26. The second-order valence-corrected chi connectivity index (χ2v) is 10.5. The number of carbonyl (C=O) groups is 1. The highest BCUT2D eigenvalue weighted by atomic mass is 32.2. The van der Waals surface area contributed by atoms with Crippen LogP contribution < -0.4 is 4.72 Å². The molecule has 1 aliphatic rings. The first kappa shape index (κ1) is 22.4. The number of aliphatic carboxylic acids is 1. The molecule has 2 aromatic heterocycles. The minimum atomic E-state index is -4.75. The Morgan fingerprint density at radius 1 is 1.22 bits per heavy atom. The zero-order chi connectivity index (χ0) is 23.5. The second-order valence-electron chi connectivity index (χ2n) is 7.52. The van der Waals surface area contributed by atoms with E-state index in [0.29, 0.717) is 23.0 Å². The number of nitrogens with one attached hydrogen (secondary N) is 1. The Labute approximate surface area is 182 Å². The van der Waals surface area contributed by atoms with Crippen LogP contribution in [0.15, 0.2) is 51.2 Å². The number of carboxylic acid groups (broad SMARTS) is 1. The van der Waals surface area contributed by atoms with Crippen LogP contribution in [0.2, 0.25) is 0 Å². The van der Waals surface area contributed by atoms with Crippen molar-refractivity contribution in [2.24, 2.45) is 0 Å². The summed E-state index contributed by atoms with van der Waals surface area (Å²) in [6.45, 7) is 1.55. The number of alkyl halides is 3. The lowest BCUT2D eigenvalue weighted by molar-refractivity contribution is -0.155. The summed E-state index contributed by atoms with van der Waals surface area (Å²) in [6.07, 6.45) is -4.82. The quantitative estimate of drug-likeness (QED) is 0.505. The summed E-state index contributed by atoms with van der Waals surface area (Å²) >= 11 is 0.612. The first-order valence-electron chi connectivity index (χ1n) is 8.96. The van der Waals surface area contributed by atoms with Gasteiger partial charge in [0.05, 0.1) is 4.88 Å². The standard InChI is InChI=1S/C19H14F4N2O5S2/c1-17(10-2-4-11(20)5-3-10)9-18(17,16(26)27)25-32(28,29)15-7-6-13(31-15)12-8-14(30-24-12)19(21,22)23/h2-8,25H,9H2,1H3,(H,26,27)/t17-,18+/m1/s1. The van der Waals surface area contributed by atoms with Crippen molar-refractivity contribution in [2.75, 3.05) is 0 Å². The van der Waals surface area contributed by atoms with Crippen LogP contribution >= 0.6 is 11.3 Å². The molecule has 2 N–H and O–H groups in total. The van der Waals surface area contributed by atoms with Gasteiger partial charge in [-0.3, -0.25) is 4.79 Å². The topological polar surface area (TPSA) is 110 Å². The van der Waals surface area contributed by atoms with Gasteiger partial charge in [-0.15, -0.1) is 11.3 Å². The molecule has 170 valence electrons. The summed E-state index contributed by atoms with van der Waals surface area (Å²) in [4.78, 5) is 12.1. The van der Waals surface area contributed by atoms with Gasteiger partial charge in [0.2, 0.25) is 5.76 Å². The minimum Gasteiger partial charge on any atom is -0.480 e. The maximum atomic E-state index is 13.2. The van der Waals surface area contributed by atoms with Gasteiger partial charge in [-0.1, -0.05) is 24.2 Å². The van der Waals surface area contributed by atoms with Gasteiger partial charge in [0.15, 0.2) is 0 Å². The highest BCUT2D eigenvalue weighted by Gasteiger charge is 2.72. The number of sulfonamides is 1. The third-order valence-electron chi connectivity index (χ3n) is 5.48. The Kier molecular flexibility index (Phi) is 4.99. The van der Waals surface area contributed by atoms with E-state index in [2.05, 4.69) is 14.4 Å². The molecule has 3 aromatic rings. The van der Waals surface area contributed by atoms with Crippen LogP contribution in [0.3, 0.4) is 0 Å². The van der Waals surface area contributed by atoms with E-state index in [0.717, 1.165) is 18.2 Å². The molecule has 32 heavy (non-hydrogen) atoms. The van der Waals surface area contributed by atoms with Crippen LogP contribution in [0.5, 0.6) is 0 Å². The summed E-state index contributed by atoms with van der Waals surface area (Å²) in [6, 6.07) is 8.10. The second kappa shape index (κ2) is 7.12. The first-order chi connectivity index (χ1) is 14.8. The number of carboxylic acids is 1. The number of nitrogens with zero attached hydrogens (tertiary/aromatic N) is 1. The van der Waals surface area contributed by atoms with Crippen LogP contribution in [0.25, 0.3) is 10.6 Å². The van der Waals surface area contributed by atoms with Gasteiger partial charge < -0.3 is 9.63 Å². The van der Waals surface area contributed by atoms with Crippen LogP contribution in [0.1, 0.15) is 24.7 Å². The van der Waals surface area contributed by atoms with Crippen LogP contribution in [0, 0.1) is 5.82 Å². The Bertz CT molecular complexity index is 1300. The molecule has 1 fully saturated rings. The normalized spacial score (nSPS) is 23.3. The lowest BCUT2D eigenvalue weighted by Crippen LogP contribution is -2.47. The maximum Gasteiger partial charge on any atom is 0.452 e. The predicted molar refractivity (Wildman–Crippen MR) is 104 cm³/mol. The van der Waals surface area contributed by atoms with Crippen LogP contribution in [-0.2, 0) is 26.4 Å². The summed E-state index contributed by atoms with van der Waals surface area (Å²) in [7, 11) is -4.36. The molecular weight excluding hydrogens is 476 g/mol. The Hall–Kier alpha value is -2.77. The lowest BCUT2D eigenvalue weighted by Gasteiger charge is -2.20. The Morgan fingerprint density at radius 2 is 1.88 bits per heavy atom. The molecule has 0 radical (unpaired) electrons. The lowest BCUT2D eigenvalue weighted by atomic mass is 9.93. The maximum absolute atomic E-state index is 13.2. The van der Waals surface area contributed by atoms with E-state index < -0.39 is 44.7 Å². The van der Waals surface area contributed by atoms with Gasteiger partial charge in [-0.05, 0) is 36.2 Å². The fraction of sp³-hybridized carbons (Fsp3) is 0.263. The number of hydrogen-bond donors (Lipinski definition) is 2. The van der Waals surface area contributed by atoms with Crippen LogP contribution in [0.4, 0.5) is 17.6 Å². The predicted octanol–water partition coefficient (Wildman–Crippen LogP) is 4.02. The fourth-order valence-corrected chi connectivity index (χ4v) is 6.28. The highest BCUT2D eigenvalue weighted by Crippen LogP contribution is 2.58. The molecule has 0 unspecified atom stereocenters. The fourth-order valence-electron chi connectivity index (χ4n) is 3.56. The van der Waals surface area contributed by atoms with E-state index in [1.807, 2.05) is 0 Å². The molecule has 1 saturated carbocycles. The van der Waals surface area contributed by atoms with Crippen molar-refractivity contribution in [3.8, 4) is 10.6 Å². The van der Waals surface area contributed by atoms with E-state index in [1.165, 1.54) is 18.2 Å². The zero-order valence-corrected chi connectivity index (χ0v) is 17.7. The minimum absolute atomic E-state index is 0.0728. The number of rotatable bonds is 6. The third kappa shape index (κ3) is 3.59. The van der Waals surface area contributed by atoms with Gasteiger partial charge in [0, 0.05) is 11.5 Å². The van der Waals surface area contributed by atoms with Gasteiger partial charge >= 0.3 is 12.1 Å². The van der Waals surface area contributed by atoms with Gasteiger partial charge in [-0.2, -0.15) is 17.9 Å². The molecule has 0 spiro atoms. The number of hydrogen-bond acceptors (Lipinski definition) is 6. The monoisotopic (exact) mass is 490 g/mol. The third-order valence-corrected chi connectivity index (χ3v) is 8.57. The van der Waals surface area contributed by atoms with Gasteiger partial charge in [0.1, 0.15) is 21.3 Å². The molecule has 2 heterocycles. The van der Waals surface area contributed by atoms with E-state index in [1.54, 1.807) is 6.92 Å². The molecule has 0 saturated heterocycles. The van der Waals surface area contributed by atoms with Crippen molar-refractivity contribution in [1.29, 1.82) is 0 Å². The summed E-state index contributed by atoms with van der Waals surface area (Å²) in [5, 5.41) is 13.1. The van der Waals surface area contributed by atoms with Crippen molar-refractivity contribution in [2.45, 2.75) is 34.7 Å². The number of halogens is 4. The van der Waals surface area contributed by atoms with E-state index >= 15 is 0 Å². The summed E-state index contributed by atoms with van der Waals surface area (Å²) < 4.78 is 83.4.